The Balaban J connectivity index is 2.00. The van der Waals surface area contributed by atoms with Crippen molar-refractivity contribution in [2.45, 2.75) is 58.5 Å². The molecule has 2 heterocycles. The van der Waals surface area contributed by atoms with E-state index in [0.29, 0.717) is 17.5 Å². The van der Waals surface area contributed by atoms with Gasteiger partial charge in [0.15, 0.2) is 0 Å². The number of rotatable bonds is 4. The molecule has 138 valence electrons. The number of benzene rings is 1. The maximum Gasteiger partial charge on any atom is 0.323 e. The summed E-state index contributed by atoms with van der Waals surface area (Å²) in [5.74, 6) is 0.931. The van der Waals surface area contributed by atoms with Crippen molar-refractivity contribution >= 4 is 11.0 Å². The Labute approximate surface area is 151 Å². The molecule has 0 spiro atoms. The highest BCUT2D eigenvalue weighted by Gasteiger charge is 2.40. The molecule has 26 heavy (non-hydrogen) atoms. The minimum atomic E-state index is -0.963. The maximum atomic E-state index is 12.0. The number of imidazole rings is 1. The molecule has 1 atom stereocenters. The van der Waals surface area contributed by atoms with E-state index in [1.165, 1.54) is 0 Å². The highest BCUT2D eigenvalue weighted by molar-refractivity contribution is 5.86. The van der Waals surface area contributed by atoms with Crippen molar-refractivity contribution in [3.63, 3.8) is 0 Å². The summed E-state index contributed by atoms with van der Waals surface area (Å²) in [5.41, 5.74) is 3.58. The van der Waals surface area contributed by atoms with Gasteiger partial charge in [-0.15, -0.1) is 0 Å². The second-order valence-electron chi connectivity index (χ2n) is 7.48. The van der Waals surface area contributed by atoms with Crippen LogP contribution in [0.2, 0.25) is 0 Å². The molecule has 3 aromatic rings. The fraction of sp³-hybridized carbons (Fsp3) is 0.500. The molecule has 1 saturated carbocycles. The molecule has 6 heteroatoms. The van der Waals surface area contributed by atoms with Crippen LogP contribution in [0.1, 0.15) is 56.0 Å². The number of H-pyrrole nitrogens is 2. The third-order valence-electron chi connectivity index (χ3n) is 5.98. The number of aliphatic hydroxyl groups is 1. The number of aromatic amines is 2. The molecule has 6 nitrogen and oxygen atoms in total. The lowest BCUT2D eigenvalue weighted by molar-refractivity contribution is -0.0243. The van der Waals surface area contributed by atoms with Gasteiger partial charge in [-0.05, 0) is 56.7 Å². The van der Waals surface area contributed by atoms with E-state index in [2.05, 4.69) is 15.1 Å². The molecule has 3 N–H and O–H groups in total. The van der Waals surface area contributed by atoms with E-state index in [0.717, 1.165) is 53.8 Å². The molecule has 0 bridgehead atoms. The first kappa shape index (κ1) is 17.1. The van der Waals surface area contributed by atoms with Crippen molar-refractivity contribution < 1.29 is 9.63 Å². The highest BCUT2D eigenvalue weighted by Crippen LogP contribution is 2.45. The lowest BCUT2D eigenvalue weighted by Gasteiger charge is -2.34. The molecule has 1 unspecified atom stereocenters. The summed E-state index contributed by atoms with van der Waals surface area (Å²) in [4.78, 5) is 17.7. The van der Waals surface area contributed by atoms with Crippen LogP contribution in [-0.2, 0) is 5.60 Å². The van der Waals surface area contributed by atoms with Crippen molar-refractivity contribution in [3.05, 3.63) is 39.6 Å². The number of nitrogens with one attached hydrogen (secondary N) is 2. The van der Waals surface area contributed by atoms with Crippen molar-refractivity contribution in [3.8, 4) is 11.1 Å². The van der Waals surface area contributed by atoms with Crippen LogP contribution in [0.5, 0.6) is 0 Å². The van der Waals surface area contributed by atoms with Gasteiger partial charge in [0.05, 0.1) is 22.3 Å². The fourth-order valence-electron chi connectivity index (χ4n) is 4.63. The van der Waals surface area contributed by atoms with Crippen molar-refractivity contribution in [2.75, 3.05) is 0 Å². The van der Waals surface area contributed by atoms with Gasteiger partial charge in [-0.2, -0.15) is 0 Å². The molecule has 1 fully saturated rings. The van der Waals surface area contributed by atoms with E-state index in [4.69, 9.17) is 4.52 Å². The van der Waals surface area contributed by atoms with Gasteiger partial charge in [-0.3, -0.25) is 0 Å². The number of aryl methyl sites for hydroxylation is 2. The zero-order chi connectivity index (χ0) is 18.5. The number of nitrogens with zero attached hydrogens (tertiary/aromatic N) is 1. The quantitative estimate of drug-likeness (QED) is 0.661. The third-order valence-corrected chi connectivity index (χ3v) is 5.98. The summed E-state index contributed by atoms with van der Waals surface area (Å²) < 4.78 is 5.33. The van der Waals surface area contributed by atoms with Crippen LogP contribution in [0, 0.1) is 19.8 Å². The van der Waals surface area contributed by atoms with Crippen LogP contribution in [0.4, 0.5) is 0 Å². The zero-order valence-corrected chi connectivity index (χ0v) is 15.5. The van der Waals surface area contributed by atoms with Crippen molar-refractivity contribution in [2.24, 2.45) is 5.92 Å². The van der Waals surface area contributed by atoms with Crippen LogP contribution >= 0.6 is 0 Å². The average molecular weight is 355 g/mol. The second kappa shape index (κ2) is 6.13. The summed E-state index contributed by atoms with van der Waals surface area (Å²) in [7, 11) is 0. The SMILES string of the molecule is CCC(O)(c1cc(-c2c(C)noc2C)cc2[nH]c(=O)[nH]c12)C1CCCC1. The van der Waals surface area contributed by atoms with Crippen LogP contribution in [0.25, 0.3) is 22.2 Å². The summed E-state index contributed by atoms with van der Waals surface area (Å²) in [6.07, 6.45) is 4.91. The van der Waals surface area contributed by atoms with Crippen molar-refractivity contribution in [1.82, 2.24) is 15.1 Å². The number of hydrogen-bond donors (Lipinski definition) is 3. The van der Waals surface area contributed by atoms with Crippen LogP contribution in [0.15, 0.2) is 21.5 Å². The van der Waals surface area contributed by atoms with Gasteiger partial charge in [0, 0.05) is 11.1 Å². The van der Waals surface area contributed by atoms with E-state index >= 15 is 0 Å². The van der Waals surface area contributed by atoms with E-state index in [1.54, 1.807) is 0 Å². The molecule has 2 aromatic heterocycles. The standard InChI is InChI=1S/C20H25N3O3/c1-4-20(25,14-7-5-6-8-14)15-9-13(17-11(2)23-26-12(17)3)10-16-18(15)22-19(24)21-16/h9-10,14,25H,4-8H2,1-3H3,(H2,21,22,24). The molecule has 1 aliphatic rings. The monoisotopic (exact) mass is 355 g/mol. The molecule has 4 rings (SSSR count). The fourth-order valence-corrected chi connectivity index (χ4v) is 4.63. The zero-order valence-electron chi connectivity index (χ0n) is 15.5. The Hall–Kier alpha value is -2.34. The number of hydrogen-bond acceptors (Lipinski definition) is 4. The van der Waals surface area contributed by atoms with E-state index in [1.807, 2.05) is 32.9 Å². The second-order valence-corrected chi connectivity index (χ2v) is 7.48. The van der Waals surface area contributed by atoms with Gasteiger partial charge in [0.2, 0.25) is 0 Å². The Kier molecular flexibility index (Phi) is 4.03. The van der Waals surface area contributed by atoms with E-state index in [9.17, 15) is 9.90 Å². The predicted molar refractivity (Wildman–Crippen MR) is 100 cm³/mol. The van der Waals surface area contributed by atoms with Crippen LogP contribution in [-0.4, -0.2) is 20.2 Å². The molecule has 0 amide bonds. The summed E-state index contributed by atoms with van der Waals surface area (Å²) in [5, 5.41) is 15.7. The Morgan fingerprint density at radius 2 is 2.00 bits per heavy atom. The first-order valence-corrected chi connectivity index (χ1v) is 9.36. The number of fused-ring (bicyclic) bond motifs is 1. The smallest absolute Gasteiger partial charge is 0.323 e. The van der Waals surface area contributed by atoms with E-state index in [-0.39, 0.29) is 11.6 Å². The highest BCUT2D eigenvalue weighted by atomic mass is 16.5. The minimum absolute atomic E-state index is 0.203. The Morgan fingerprint density at radius 3 is 2.62 bits per heavy atom. The van der Waals surface area contributed by atoms with Crippen LogP contribution in [0.3, 0.4) is 0 Å². The van der Waals surface area contributed by atoms with Gasteiger partial charge in [0.25, 0.3) is 0 Å². The first-order valence-electron chi connectivity index (χ1n) is 9.36. The Bertz CT molecular complexity index is 988. The molecular weight excluding hydrogens is 330 g/mol. The van der Waals surface area contributed by atoms with Gasteiger partial charge in [0.1, 0.15) is 5.76 Å². The van der Waals surface area contributed by atoms with Gasteiger partial charge >= 0.3 is 5.69 Å². The predicted octanol–water partition coefficient (Wildman–Crippen LogP) is 3.92. The molecule has 0 radical (unpaired) electrons. The lowest BCUT2D eigenvalue weighted by atomic mass is 9.77. The minimum Gasteiger partial charge on any atom is -0.385 e. The molecule has 1 aliphatic carbocycles. The summed E-state index contributed by atoms with van der Waals surface area (Å²) >= 11 is 0. The molecule has 0 aliphatic heterocycles. The third kappa shape index (κ3) is 2.51. The summed E-state index contributed by atoms with van der Waals surface area (Å²) in [6.45, 7) is 5.79. The normalized spacial score (nSPS) is 17.8. The number of aromatic nitrogens is 3. The maximum absolute atomic E-state index is 12.0. The van der Waals surface area contributed by atoms with E-state index < -0.39 is 5.60 Å². The largest absolute Gasteiger partial charge is 0.385 e. The summed E-state index contributed by atoms with van der Waals surface area (Å²) in [6, 6.07) is 3.93. The average Bonchev–Trinajstić information content (AvgIpc) is 3.33. The van der Waals surface area contributed by atoms with Gasteiger partial charge < -0.3 is 19.6 Å². The Morgan fingerprint density at radius 1 is 1.27 bits per heavy atom. The van der Waals surface area contributed by atoms with Gasteiger partial charge in [-0.25, -0.2) is 4.79 Å². The molecular formula is C20H25N3O3. The lowest BCUT2D eigenvalue weighted by Crippen LogP contribution is -2.33. The topological polar surface area (TPSA) is 94.9 Å². The van der Waals surface area contributed by atoms with Crippen LogP contribution < -0.4 is 5.69 Å². The van der Waals surface area contributed by atoms with Gasteiger partial charge in [-0.1, -0.05) is 24.9 Å². The molecule has 1 aromatic carbocycles. The first-order chi connectivity index (χ1) is 12.4. The molecule has 0 saturated heterocycles. The van der Waals surface area contributed by atoms with Crippen molar-refractivity contribution in [1.29, 1.82) is 0 Å².